The molecule has 0 amide bonds. The molecule has 0 aliphatic heterocycles. The molecule has 0 aliphatic rings. The van der Waals surface area contributed by atoms with Gasteiger partial charge in [-0.25, -0.2) is 17.7 Å². The number of fused-ring (bicyclic) bond motifs is 1. The fraction of sp³-hybridized carbons (Fsp3) is 0.455. The molecule has 0 radical (unpaired) electrons. The molecule has 2 aromatic heterocycles. The van der Waals surface area contributed by atoms with Gasteiger partial charge in [0.05, 0.1) is 6.26 Å². The largest absolute Gasteiger partial charge is 0.353 e. The van der Waals surface area contributed by atoms with Crippen LogP contribution in [0.25, 0.3) is 5.65 Å². The Morgan fingerprint density at radius 1 is 1.37 bits per heavy atom. The predicted octanol–water partition coefficient (Wildman–Crippen LogP) is 0.389. The molecule has 0 bridgehead atoms. The van der Waals surface area contributed by atoms with Gasteiger partial charge >= 0.3 is 0 Å². The van der Waals surface area contributed by atoms with Gasteiger partial charge in [0, 0.05) is 19.3 Å². The van der Waals surface area contributed by atoms with Crippen LogP contribution >= 0.6 is 0 Å². The molecular formula is C11H17N5O2S. The lowest BCUT2D eigenvalue weighted by Crippen LogP contribution is -2.24. The molecule has 19 heavy (non-hydrogen) atoms. The molecular weight excluding hydrogens is 266 g/mol. The van der Waals surface area contributed by atoms with E-state index in [2.05, 4.69) is 20.1 Å². The molecule has 0 spiro atoms. The van der Waals surface area contributed by atoms with Gasteiger partial charge in [0.2, 0.25) is 16.0 Å². The van der Waals surface area contributed by atoms with Gasteiger partial charge in [0.15, 0.2) is 5.65 Å². The number of sulfonamides is 1. The molecule has 104 valence electrons. The summed E-state index contributed by atoms with van der Waals surface area (Å²) in [4.78, 5) is 4.32. The van der Waals surface area contributed by atoms with Crippen LogP contribution in [0.15, 0.2) is 18.3 Å². The van der Waals surface area contributed by atoms with Crippen molar-refractivity contribution in [2.24, 2.45) is 0 Å². The second-order valence-corrected chi connectivity index (χ2v) is 6.22. The van der Waals surface area contributed by atoms with Crippen LogP contribution in [-0.4, -0.2) is 42.4 Å². The Morgan fingerprint density at radius 3 is 2.89 bits per heavy atom. The van der Waals surface area contributed by atoms with E-state index >= 15 is 0 Å². The van der Waals surface area contributed by atoms with Crippen LogP contribution in [0.2, 0.25) is 0 Å². The lowest BCUT2D eigenvalue weighted by molar-refractivity contribution is 0.586. The van der Waals surface area contributed by atoms with Gasteiger partial charge in [-0.05, 0) is 31.0 Å². The third-order valence-electron chi connectivity index (χ3n) is 2.49. The van der Waals surface area contributed by atoms with Crippen molar-refractivity contribution < 1.29 is 8.42 Å². The van der Waals surface area contributed by atoms with Crippen LogP contribution in [-0.2, 0) is 10.0 Å². The number of aryl methyl sites for hydroxylation is 1. The first kappa shape index (κ1) is 13.8. The minimum absolute atomic E-state index is 0.401. The second kappa shape index (κ2) is 5.54. The Hall–Kier alpha value is -1.67. The number of anilines is 1. The average Bonchev–Trinajstić information content (AvgIpc) is 2.68. The molecule has 0 unspecified atom stereocenters. The first-order chi connectivity index (χ1) is 8.94. The number of nitrogens with zero attached hydrogens (tertiary/aromatic N) is 3. The highest BCUT2D eigenvalue weighted by atomic mass is 32.2. The number of hydrogen-bond acceptors (Lipinski definition) is 5. The van der Waals surface area contributed by atoms with E-state index in [1.165, 1.54) is 0 Å². The Morgan fingerprint density at radius 2 is 2.16 bits per heavy atom. The Labute approximate surface area is 112 Å². The molecule has 0 saturated carbocycles. The number of hydrogen-bond donors (Lipinski definition) is 2. The van der Waals surface area contributed by atoms with Gasteiger partial charge < -0.3 is 5.32 Å². The van der Waals surface area contributed by atoms with E-state index in [0.29, 0.717) is 25.5 Å². The van der Waals surface area contributed by atoms with Crippen LogP contribution in [0, 0.1) is 6.92 Å². The zero-order chi connectivity index (χ0) is 13.9. The summed E-state index contributed by atoms with van der Waals surface area (Å²) in [7, 11) is -3.11. The van der Waals surface area contributed by atoms with Crippen molar-refractivity contribution in [2.45, 2.75) is 13.3 Å². The maximum atomic E-state index is 10.9. The summed E-state index contributed by atoms with van der Waals surface area (Å²) < 4.78 is 25.8. The van der Waals surface area contributed by atoms with Crippen LogP contribution in [0.4, 0.5) is 5.95 Å². The fourth-order valence-electron chi connectivity index (χ4n) is 1.60. The molecule has 0 aromatic carbocycles. The lowest BCUT2D eigenvalue weighted by atomic mass is 10.3. The molecule has 7 nitrogen and oxygen atoms in total. The van der Waals surface area contributed by atoms with E-state index < -0.39 is 10.0 Å². The minimum Gasteiger partial charge on any atom is -0.353 e. The van der Waals surface area contributed by atoms with Crippen LogP contribution < -0.4 is 10.0 Å². The molecule has 2 rings (SSSR count). The number of aromatic nitrogens is 3. The highest BCUT2D eigenvalue weighted by Gasteiger charge is 2.03. The average molecular weight is 283 g/mol. The van der Waals surface area contributed by atoms with Crippen molar-refractivity contribution in [2.75, 3.05) is 24.7 Å². The van der Waals surface area contributed by atoms with E-state index in [9.17, 15) is 8.42 Å². The smallest absolute Gasteiger partial charge is 0.243 e. The third kappa shape index (κ3) is 4.18. The Bertz CT molecular complexity index is 665. The monoisotopic (exact) mass is 283 g/mol. The summed E-state index contributed by atoms with van der Waals surface area (Å²) in [5, 5.41) is 7.32. The quantitative estimate of drug-likeness (QED) is 0.749. The van der Waals surface area contributed by atoms with Gasteiger partial charge in [-0.3, -0.25) is 0 Å². The van der Waals surface area contributed by atoms with Gasteiger partial charge in [0.1, 0.15) is 0 Å². The van der Waals surface area contributed by atoms with Gasteiger partial charge in [0.25, 0.3) is 0 Å². The Balaban J connectivity index is 1.85. The summed E-state index contributed by atoms with van der Waals surface area (Å²) in [6.45, 7) is 3.01. The van der Waals surface area contributed by atoms with Crippen LogP contribution in [0.3, 0.4) is 0 Å². The molecule has 8 heteroatoms. The zero-order valence-electron chi connectivity index (χ0n) is 10.9. The summed E-state index contributed by atoms with van der Waals surface area (Å²) >= 11 is 0. The van der Waals surface area contributed by atoms with Crippen molar-refractivity contribution in [3.63, 3.8) is 0 Å². The van der Waals surface area contributed by atoms with Crippen molar-refractivity contribution >= 4 is 21.6 Å². The highest BCUT2D eigenvalue weighted by Crippen LogP contribution is 2.07. The van der Waals surface area contributed by atoms with Gasteiger partial charge in [-0.1, -0.05) is 0 Å². The maximum Gasteiger partial charge on any atom is 0.243 e. The fourth-order valence-corrected chi connectivity index (χ4v) is 2.12. The van der Waals surface area contributed by atoms with E-state index in [0.717, 1.165) is 17.5 Å². The summed E-state index contributed by atoms with van der Waals surface area (Å²) in [5.41, 5.74) is 1.92. The SMILES string of the molecule is Cc1ccn2nc(NCCCNS(C)(=O)=O)nc2c1. The number of pyridine rings is 1. The zero-order valence-corrected chi connectivity index (χ0v) is 11.7. The summed E-state index contributed by atoms with van der Waals surface area (Å²) in [6, 6.07) is 3.91. The number of nitrogens with one attached hydrogen (secondary N) is 2. The first-order valence-electron chi connectivity index (χ1n) is 5.95. The molecule has 0 atom stereocenters. The highest BCUT2D eigenvalue weighted by molar-refractivity contribution is 7.88. The minimum atomic E-state index is -3.11. The second-order valence-electron chi connectivity index (χ2n) is 4.39. The molecule has 2 heterocycles. The molecule has 0 saturated heterocycles. The van der Waals surface area contributed by atoms with Gasteiger partial charge in [-0.2, -0.15) is 4.98 Å². The van der Waals surface area contributed by atoms with E-state index in [4.69, 9.17) is 0 Å². The standard InChI is InChI=1S/C11H17N5O2S/c1-9-4-7-16-10(8-9)14-11(15-16)12-5-3-6-13-19(2,17)18/h4,7-8,13H,3,5-6H2,1-2H3,(H,12,15). The Kier molecular flexibility index (Phi) is 4.01. The molecule has 2 aromatic rings. The van der Waals surface area contributed by atoms with E-state index in [1.807, 2.05) is 25.3 Å². The van der Waals surface area contributed by atoms with Crippen molar-refractivity contribution in [3.05, 3.63) is 23.9 Å². The number of rotatable bonds is 6. The van der Waals surface area contributed by atoms with Crippen molar-refractivity contribution in [3.8, 4) is 0 Å². The third-order valence-corrected chi connectivity index (χ3v) is 3.22. The van der Waals surface area contributed by atoms with Crippen molar-refractivity contribution in [1.29, 1.82) is 0 Å². The predicted molar refractivity (Wildman–Crippen MR) is 73.7 cm³/mol. The summed E-state index contributed by atoms with van der Waals surface area (Å²) in [6.07, 6.45) is 3.67. The summed E-state index contributed by atoms with van der Waals surface area (Å²) in [5.74, 6) is 0.546. The van der Waals surface area contributed by atoms with E-state index in [-0.39, 0.29) is 0 Å². The maximum absolute atomic E-state index is 10.9. The van der Waals surface area contributed by atoms with Crippen LogP contribution in [0.1, 0.15) is 12.0 Å². The molecule has 0 aliphatic carbocycles. The van der Waals surface area contributed by atoms with Crippen LogP contribution in [0.5, 0.6) is 0 Å². The lowest BCUT2D eigenvalue weighted by Gasteiger charge is -2.02. The first-order valence-corrected chi connectivity index (χ1v) is 7.85. The van der Waals surface area contributed by atoms with Gasteiger partial charge in [-0.15, -0.1) is 5.10 Å². The van der Waals surface area contributed by atoms with E-state index in [1.54, 1.807) is 4.52 Å². The van der Waals surface area contributed by atoms with Crippen molar-refractivity contribution in [1.82, 2.24) is 19.3 Å². The topological polar surface area (TPSA) is 88.4 Å². The molecule has 2 N–H and O–H groups in total. The normalized spacial score (nSPS) is 11.9. The molecule has 0 fully saturated rings.